The molecule has 0 radical (unpaired) electrons. The Hall–Kier alpha value is -1.06. The van der Waals surface area contributed by atoms with E-state index in [2.05, 4.69) is 19.2 Å². The number of carbonyl (C=O) groups excluding carboxylic acids is 2. The van der Waals surface area contributed by atoms with Crippen LogP contribution in [-0.2, 0) is 9.59 Å². The molecule has 0 heterocycles. The Morgan fingerprint density at radius 2 is 1.81 bits per heavy atom. The number of likely N-dealkylation sites (N-methyl/N-ethyl adjacent to an activating group) is 1. The summed E-state index contributed by atoms with van der Waals surface area (Å²) >= 11 is 0. The van der Waals surface area contributed by atoms with Crippen LogP contribution in [0, 0.1) is 5.92 Å². The second kappa shape index (κ2) is 7.25. The summed E-state index contributed by atoms with van der Waals surface area (Å²) in [5, 5.41) is 2.72. The molecule has 0 saturated carbocycles. The first kappa shape index (κ1) is 14.9. The molecule has 2 amide bonds. The van der Waals surface area contributed by atoms with E-state index in [1.807, 2.05) is 0 Å². The minimum atomic E-state index is -0.434. The maximum Gasteiger partial charge on any atom is 0.244 e. The van der Waals surface area contributed by atoms with Crippen LogP contribution >= 0.6 is 0 Å². The monoisotopic (exact) mass is 228 g/mol. The van der Waals surface area contributed by atoms with Crippen LogP contribution in [0.1, 0.15) is 40.0 Å². The average molecular weight is 228 g/mol. The molecule has 1 N–H and O–H groups in total. The van der Waals surface area contributed by atoms with Gasteiger partial charge in [0.05, 0.1) is 0 Å². The van der Waals surface area contributed by atoms with E-state index in [0.29, 0.717) is 12.3 Å². The van der Waals surface area contributed by atoms with Crippen LogP contribution in [0.5, 0.6) is 0 Å². The van der Waals surface area contributed by atoms with Gasteiger partial charge in [-0.05, 0) is 12.8 Å². The number of hydrogen-bond donors (Lipinski definition) is 1. The Morgan fingerprint density at radius 1 is 1.25 bits per heavy atom. The van der Waals surface area contributed by atoms with Gasteiger partial charge in [0.1, 0.15) is 6.04 Å². The molecular formula is C12H24N2O2. The highest BCUT2D eigenvalue weighted by atomic mass is 16.2. The van der Waals surface area contributed by atoms with Gasteiger partial charge in [-0.3, -0.25) is 9.59 Å². The topological polar surface area (TPSA) is 49.4 Å². The molecule has 0 aliphatic heterocycles. The summed E-state index contributed by atoms with van der Waals surface area (Å²) in [5.74, 6) is 0.270. The molecule has 0 fully saturated rings. The highest BCUT2D eigenvalue weighted by Crippen LogP contribution is 2.09. The van der Waals surface area contributed by atoms with Crippen LogP contribution < -0.4 is 5.32 Å². The fraction of sp³-hybridized carbons (Fsp3) is 0.833. The highest BCUT2D eigenvalue weighted by molar-refractivity contribution is 5.87. The van der Waals surface area contributed by atoms with Gasteiger partial charge in [-0.25, -0.2) is 0 Å². The van der Waals surface area contributed by atoms with Crippen LogP contribution in [0.4, 0.5) is 0 Å². The predicted molar refractivity (Wildman–Crippen MR) is 65.0 cm³/mol. The molecule has 94 valence electrons. The summed E-state index contributed by atoms with van der Waals surface area (Å²) in [4.78, 5) is 24.6. The van der Waals surface area contributed by atoms with Crippen molar-refractivity contribution >= 4 is 11.8 Å². The first-order valence-electron chi connectivity index (χ1n) is 5.89. The van der Waals surface area contributed by atoms with Gasteiger partial charge in [-0.15, -0.1) is 0 Å². The molecule has 0 saturated heterocycles. The molecular weight excluding hydrogens is 204 g/mol. The number of nitrogens with zero attached hydrogens (tertiary/aromatic N) is 1. The molecule has 0 rings (SSSR count). The Labute approximate surface area is 98.4 Å². The number of carbonyl (C=O) groups is 2. The molecule has 0 aliphatic rings. The lowest BCUT2D eigenvalue weighted by Crippen LogP contribution is -2.44. The molecule has 0 aromatic rings. The van der Waals surface area contributed by atoms with Crippen molar-refractivity contribution in [1.29, 1.82) is 0 Å². The van der Waals surface area contributed by atoms with Crippen LogP contribution in [0.25, 0.3) is 0 Å². The van der Waals surface area contributed by atoms with Crippen molar-refractivity contribution in [2.75, 3.05) is 14.1 Å². The Balaban J connectivity index is 4.00. The zero-order chi connectivity index (χ0) is 12.7. The molecule has 0 aromatic carbocycles. The minimum absolute atomic E-state index is 0.0383. The van der Waals surface area contributed by atoms with E-state index < -0.39 is 6.04 Å². The fourth-order valence-corrected chi connectivity index (χ4v) is 1.66. The SMILES string of the molecule is CCC[C@H](C)CC(=O)N[C@H](C)C(=O)N(C)C. The van der Waals surface area contributed by atoms with Gasteiger partial charge in [-0.2, -0.15) is 0 Å². The molecule has 2 atom stereocenters. The van der Waals surface area contributed by atoms with Crippen molar-refractivity contribution in [3.05, 3.63) is 0 Å². The first-order valence-corrected chi connectivity index (χ1v) is 5.89. The summed E-state index contributed by atoms with van der Waals surface area (Å²) in [5.41, 5.74) is 0. The standard InChI is InChI=1S/C12H24N2O2/c1-6-7-9(2)8-11(15)13-10(3)12(16)14(4)5/h9-10H,6-8H2,1-5H3,(H,13,15)/t9-,10+/m0/s1. The third-order valence-corrected chi connectivity index (χ3v) is 2.50. The van der Waals surface area contributed by atoms with Crippen molar-refractivity contribution < 1.29 is 9.59 Å². The maximum absolute atomic E-state index is 11.6. The maximum atomic E-state index is 11.6. The Kier molecular flexibility index (Phi) is 6.77. The molecule has 16 heavy (non-hydrogen) atoms. The van der Waals surface area contributed by atoms with Crippen LogP contribution in [0.3, 0.4) is 0 Å². The third-order valence-electron chi connectivity index (χ3n) is 2.50. The van der Waals surface area contributed by atoms with Gasteiger partial charge in [0, 0.05) is 20.5 Å². The minimum Gasteiger partial charge on any atom is -0.347 e. The van der Waals surface area contributed by atoms with Crippen LogP contribution in [0.2, 0.25) is 0 Å². The Bertz CT molecular complexity index is 239. The van der Waals surface area contributed by atoms with E-state index >= 15 is 0 Å². The fourth-order valence-electron chi connectivity index (χ4n) is 1.66. The van der Waals surface area contributed by atoms with Gasteiger partial charge < -0.3 is 10.2 Å². The molecule has 4 heteroatoms. The zero-order valence-electron chi connectivity index (χ0n) is 11.0. The second-order valence-corrected chi connectivity index (χ2v) is 4.62. The van der Waals surface area contributed by atoms with E-state index in [4.69, 9.17) is 0 Å². The molecule has 4 nitrogen and oxygen atoms in total. The summed E-state index contributed by atoms with van der Waals surface area (Å²) in [6.45, 7) is 5.87. The van der Waals surface area contributed by atoms with E-state index in [0.717, 1.165) is 12.8 Å². The van der Waals surface area contributed by atoms with Crippen molar-refractivity contribution in [3.8, 4) is 0 Å². The largest absolute Gasteiger partial charge is 0.347 e. The summed E-state index contributed by atoms with van der Waals surface area (Å²) in [6.07, 6.45) is 2.63. The lowest BCUT2D eigenvalue weighted by atomic mass is 10.0. The first-order chi connectivity index (χ1) is 7.38. The van der Waals surface area contributed by atoms with E-state index in [1.165, 1.54) is 4.90 Å². The van der Waals surface area contributed by atoms with Gasteiger partial charge in [-0.1, -0.05) is 26.7 Å². The lowest BCUT2D eigenvalue weighted by Gasteiger charge is -2.19. The van der Waals surface area contributed by atoms with Crippen molar-refractivity contribution in [1.82, 2.24) is 10.2 Å². The number of rotatable bonds is 6. The van der Waals surface area contributed by atoms with E-state index in [9.17, 15) is 9.59 Å². The molecule has 0 unspecified atom stereocenters. The predicted octanol–water partition coefficient (Wildman–Crippen LogP) is 1.41. The summed E-state index contributed by atoms with van der Waals surface area (Å²) < 4.78 is 0. The molecule has 0 aromatic heterocycles. The van der Waals surface area contributed by atoms with Crippen molar-refractivity contribution in [3.63, 3.8) is 0 Å². The van der Waals surface area contributed by atoms with Crippen molar-refractivity contribution in [2.24, 2.45) is 5.92 Å². The van der Waals surface area contributed by atoms with Crippen LogP contribution in [0.15, 0.2) is 0 Å². The lowest BCUT2D eigenvalue weighted by molar-refractivity contribution is -0.134. The quantitative estimate of drug-likeness (QED) is 0.747. The summed E-state index contributed by atoms with van der Waals surface area (Å²) in [6, 6.07) is -0.434. The Morgan fingerprint density at radius 3 is 2.25 bits per heavy atom. The number of nitrogens with one attached hydrogen (secondary N) is 1. The van der Waals surface area contributed by atoms with Gasteiger partial charge in [0.2, 0.25) is 11.8 Å². The molecule has 0 spiro atoms. The van der Waals surface area contributed by atoms with Gasteiger partial charge in [0.15, 0.2) is 0 Å². The molecule has 0 bridgehead atoms. The normalized spacial score (nSPS) is 14.1. The molecule has 0 aliphatic carbocycles. The zero-order valence-corrected chi connectivity index (χ0v) is 11.0. The van der Waals surface area contributed by atoms with Gasteiger partial charge in [0.25, 0.3) is 0 Å². The number of amides is 2. The van der Waals surface area contributed by atoms with Crippen molar-refractivity contribution in [2.45, 2.75) is 46.1 Å². The van der Waals surface area contributed by atoms with Crippen LogP contribution in [-0.4, -0.2) is 36.9 Å². The smallest absolute Gasteiger partial charge is 0.244 e. The highest BCUT2D eigenvalue weighted by Gasteiger charge is 2.17. The second-order valence-electron chi connectivity index (χ2n) is 4.62. The summed E-state index contributed by atoms with van der Waals surface area (Å²) in [7, 11) is 3.37. The average Bonchev–Trinajstić information content (AvgIpc) is 2.16. The van der Waals surface area contributed by atoms with Gasteiger partial charge >= 0.3 is 0 Å². The third kappa shape index (κ3) is 5.73. The number of hydrogen-bond acceptors (Lipinski definition) is 2. The van der Waals surface area contributed by atoms with E-state index in [1.54, 1.807) is 21.0 Å². The van der Waals surface area contributed by atoms with E-state index in [-0.39, 0.29) is 11.8 Å².